The molecule has 0 fully saturated rings. The summed E-state index contributed by atoms with van der Waals surface area (Å²) < 4.78 is 10.7. The van der Waals surface area contributed by atoms with Gasteiger partial charge in [0.1, 0.15) is 0 Å². The van der Waals surface area contributed by atoms with Gasteiger partial charge in [-0.1, -0.05) is 15.9 Å². The summed E-state index contributed by atoms with van der Waals surface area (Å²) in [5.74, 6) is 0. The van der Waals surface area contributed by atoms with Gasteiger partial charge in [0.05, 0.1) is 0 Å². The summed E-state index contributed by atoms with van der Waals surface area (Å²) in [5, 5.41) is 1.01. The minimum Gasteiger partial charge on any atom is -0.282 e. The molecule has 0 bridgehead atoms. The minimum absolute atomic E-state index is 0.847. The molecular weight excluding hydrogens is 361 g/mol. The standard InChI is InChI=1S/C5H11Br3NOP/c1-9(11(7,8)10)5-3-2-4-6/h2-5H2,1H3. The fourth-order valence-electron chi connectivity index (χ4n) is 0.552. The molecule has 2 nitrogen and oxygen atoms in total. The molecule has 0 spiro atoms. The molecule has 0 heterocycles. The molecule has 0 aromatic heterocycles. The highest BCUT2D eigenvalue weighted by molar-refractivity contribution is 9.70. The van der Waals surface area contributed by atoms with Crippen LogP contribution < -0.4 is 0 Å². The summed E-state index contributed by atoms with van der Waals surface area (Å²) in [5.41, 5.74) is 0. The lowest BCUT2D eigenvalue weighted by molar-refractivity contribution is 0.484. The van der Waals surface area contributed by atoms with Crippen molar-refractivity contribution < 1.29 is 4.57 Å². The average molecular weight is 372 g/mol. The summed E-state index contributed by atoms with van der Waals surface area (Å²) in [4.78, 5) is 0. The second kappa shape index (κ2) is 6.14. The van der Waals surface area contributed by atoms with Crippen molar-refractivity contribution >= 4 is 51.6 Å². The van der Waals surface area contributed by atoms with Gasteiger partial charge in [0.2, 0.25) is 0 Å². The number of halogens is 3. The van der Waals surface area contributed by atoms with Crippen LogP contribution in [0, 0.1) is 0 Å². The lowest BCUT2D eigenvalue weighted by atomic mass is 10.3. The Balaban J connectivity index is 3.53. The van der Waals surface area contributed by atoms with E-state index < -0.39 is 4.70 Å². The molecule has 0 unspecified atom stereocenters. The lowest BCUT2D eigenvalue weighted by Gasteiger charge is -2.17. The van der Waals surface area contributed by atoms with Gasteiger partial charge >= 0.3 is 0 Å². The summed E-state index contributed by atoms with van der Waals surface area (Å²) in [6.07, 6.45) is 2.17. The van der Waals surface area contributed by atoms with Gasteiger partial charge in [0.15, 0.2) is 0 Å². The Bertz CT molecular complexity index is 149. The first-order chi connectivity index (χ1) is 4.98. The van der Waals surface area contributed by atoms with Crippen LogP contribution >= 0.6 is 51.6 Å². The third-order valence-corrected chi connectivity index (χ3v) is 6.07. The second-order valence-corrected chi connectivity index (χ2v) is 13.2. The smallest absolute Gasteiger partial charge is 0.273 e. The van der Waals surface area contributed by atoms with Crippen LogP contribution in [0.4, 0.5) is 0 Å². The van der Waals surface area contributed by atoms with Crippen LogP contribution in [-0.4, -0.2) is 23.6 Å². The van der Waals surface area contributed by atoms with Gasteiger partial charge in [-0.15, -0.1) is 0 Å². The van der Waals surface area contributed by atoms with Crippen molar-refractivity contribution in [1.82, 2.24) is 4.67 Å². The van der Waals surface area contributed by atoms with E-state index in [0.717, 1.165) is 24.7 Å². The Labute approximate surface area is 92.1 Å². The largest absolute Gasteiger partial charge is 0.282 e. The van der Waals surface area contributed by atoms with Crippen molar-refractivity contribution in [1.29, 1.82) is 0 Å². The first kappa shape index (κ1) is 12.6. The van der Waals surface area contributed by atoms with Crippen molar-refractivity contribution in [2.75, 3.05) is 18.9 Å². The number of hydrogen-bond acceptors (Lipinski definition) is 1. The summed E-state index contributed by atoms with van der Waals surface area (Å²) >= 11 is 9.50. The van der Waals surface area contributed by atoms with Crippen LogP contribution in [0.15, 0.2) is 0 Å². The van der Waals surface area contributed by atoms with Gasteiger partial charge < -0.3 is 0 Å². The molecule has 0 aliphatic carbocycles. The molecule has 68 valence electrons. The predicted octanol–water partition coefficient (Wildman–Crippen LogP) is 3.99. The molecule has 0 saturated heterocycles. The molecule has 6 heteroatoms. The minimum atomic E-state index is -2.35. The SMILES string of the molecule is CN(CCCCBr)P(=O)(Br)Br. The van der Waals surface area contributed by atoms with E-state index in [9.17, 15) is 4.57 Å². The Morgan fingerprint density at radius 3 is 2.27 bits per heavy atom. The highest BCUT2D eigenvalue weighted by Crippen LogP contribution is 2.63. The van der Waals surface area contributed by atoms with Crippen LogP contribution in [0.25, 0.3) is 0 Å². The maximum Gasteiger partial charge on any atom is 0.273 e. The fraction of sp³-hybridized carbons (Fsp3) is 1.00. The lowest BCUT2D eigenvalue weighted by Crippen LogP contribution is -2.11. The molecule has 0 radical (unpaired) electrons. The zero-order valence-corrected chi connectivity index (χ0v) is 11.9. The van der Waals surface area contributed by atoms with Crippen molar-refractivity contribution in [3.63, 3.8) is 0 Å². The molecule has 0 amide bonds. The summed E-state index contributed by atoms with van der Waals surface area (Å²) in [6, 6.07) is 0. The quantitative estimate of drug-likeness (QED) is 0.414. The van der Waals surface area contributed by atoms with E-state index in [0.29, 0.717) is 0 Å². The molecule has 0 aliphatic heterocycles. The molecule has 0 aliphatic rings. The molecule has 0 rings (SSSR count). The van der Waals surface area contributed by atoms with Crippen molar-refractivity contribution in [3.05, 3.63) is 0 Å². The Morgan fingerprint density at radius 2 is 1.91 bits per heavy atom. The number of rotatable bonds is 5. The number of unbranched alkanes of at least 4 members (excludes halogenated alkanes) is 1. The van der Waals surface area contributed by atoms with Crippen LogP contribution in [0.3, 0.4) is 0 Å². The Hall–Kier alpha value is 1.63. The molecule has 0 saturated carbocycles. The zero-order chi connectivity index (χ0) is 8.91. The third kappa shape index (κ3) is 6.76. The predicted molar refractivity (Wildman–Crippen MR) is 61.1 cm³/mol. The third-order valence-electron chi connectivity index (χ3n) is 1.26. The molecule has 11 heavy (non-hydrogen) atoms. The van der Waals surface area contributed by atoms with Gasteiger partial charge in [-0.05, 0) is 19.9 Å². The van der Waals surface area contributed by atoms with E-state index in [2.05, 4.69) is 46.9 Å². The van der Waals surface area contributed by atoms with E-state index in [1.165, 1.54) is 0 Å². The molecule has 0 aromatic rings. The topological polar surface area (TPSA) is 20.3 Å². The van der Waals surface area contributed by atoms with Gasteiger partial charge in [0.25, 0.3) is 4.70 Å². The first-order valence-corrected chi connectivity index (χ1v) is 10.1. The number of alkyl halides is 1. The van der Waals surface area contributed by atoms with Crippen LogP contribution in [0.2, 0.25) is 0 Å². The molecule has 0 atom stereocenters. The Morgan fingerprint density at radius 1 is 1.36 bits per heavy atom. The summed E-state index contributed by atoms with van der Waals surface area (Å²) in [7, 11) is 1.83. The molecule has 0 N–H and O–H groups in total. The Kier molecular flexibility index (Phi) is 7.05. The van der Waals surface area contributed by atoms with E-state index in [1.54, 1.807) is 4.67 Å². The van der Waals surface area contributed by atoms with Crippen molar-refractivity contribution in [3.8, 4) is 0 Å². The van der Waals surface area contributed by atoms with Crippen LogP contribution in [-0.2, 0) is 4.57 Å². The van der Waals surface area contributed by atoms with Crippen LogP contribution in [0.5, 0.6) is 0 Å². The van der Waals surface area contributed by atoms with E-state index in [4.69, 9.17) is 0 Å². The highest BCUT2D eigenvalue weighted by atomic mass is 79.9. The van der Waals surface area contributed by atoms with E-state index >= 15 is 0 Å². The van der Waals surface area contributed by atoms with Crippen molar-refractivity contribution in [2.24, 2.45) is 0 Å². The van der Waals surface area contributed by atoms with Gasteiger partial charge in [-0.25, -0.2) is 4.67 Å². The molecular formula is C5H11Br3NOP. The van der Waals surface area contributed by atoms with Gasteiger partial charge in [-0.3, -0.25) is 4.57 Å². The van der Waals surface area contributed by atoms with E-state index in [1.807, 2.05) is 7.05 Å². The van der Waals surface area contributed by atoms with Gasteiger partial charge in [-0.2, -0.15) is 0 Å². The zero-order valence-electron chi connectivity index (χ0n) is 6.26. The fourth-order valence-corrected chi connectivity index (χ4v) is 2.27. The maximum absolute atomic E-state index is 11.3. The number of nitrogens with zero attached hydrogens (tertiary/aromatic N) is 1. The number of hydrogen-bond donors (Lipinski definition) is 0. The normalized spacial score (nSPS) is 12.5. The second-order valence-electron chi connectivity index (χ2n) is 2.21. The van der Waals surface area contributed by atoms with Crippen LogP contribution in [0.1, 0.15) is 12.8 Å². The van der Waals surface area contributed by atoms with E-state index in [-0.39, 0.29) is 0 Å². The average Bonchev–Trinajstić information content (AvgIpc) is 1.86. The first-order valence-electron chi connectivity index (χ1n) is 3.25. The summed E-state index contributed by atoms with van der Waals surface area (Å²) in [6.45, 7) is 0.847. The molecule has 0 aromatic carbocycles. The van der Waals surface area contributed by atoms with Gasteiger partial charge in [0, 0.05) is 42.9 Å². The maximum atomic E-state index is 11.3. The van der Waals surface area contributed by atoms with Crippen molar-refractivity contribution in [2.45, 2.75) is 12.8 Å². The monoisotopic (exact) mass is 369 g/mol. The highest BCUT2D eigenvalue weighted by Gasteiger charge is 2.18.